The highest BCUT2D eigenvalue weighted by atomic mass is 127. The number of carboxylic acids is 4. The van der Waals surface area contributed by atoms with Crippen molar-refractivity contribution in [2.75, 3.05) is 32.7 Å². The molecule has 0 heterocycles. The van der Waals surface area contributed by atoms with E-state index in [2.05, 4.69) is 0 Å². The number of aliphatic carboxylic acids is 4. The third kappa shape index (κ3) is 10.3. The first kappa shape index (κ1) is 20.5. The second kappa shape index (κ2) is 10.3. The molecule has 4 N–H and O–H groups in total. The van der Waals surface area contributed by atoms with Crippen molar-refractivity contribution in [3.05, 3.63) is 0 Å². The molecule has 0 aliphatic heterocycles. The Balaban J connectivity index is 4.80. The highest BCUT2D eigenvalue weighted by molar-refractivity contribution is 14.1. The smallest absolute Gasteiger partial charge is 0.317 e. The van der Waals surface area contributed by atoms with Crippen LogP contribution in [-0.2, 0) is 19.2 Å². The normalized spacial score (nSPS) is 12.3. The molecule has 0 radical (unpaired) electrons. The van der Waals surface area contributed by atoms with Crippen LogP contribution >= 0.6 is 22.6 Å². The molecule has 0 fully saturated rings. The van der Waals surface area contributed by atoms with Crippen LogP contribution < -0.4 is 0 Å². The Kier molecular flexibility index (Phi) is 9.60. The number of carboxylic acid groups (broad SMARTS) is 4. The van der Waals surface area contributed by atoms with Crippen molar-refractivity contribution in [3.63, 3.8) is 0 Å². The number of nitrogens with zero attached hydrogens (tertiary/aromatic N) is 2. The molecule has 0 aromatic rings. The molecule has 0 bridgehead atoms. The fourth-order valence-corrected chi connectivity index (χ4v) is 2.66. The van der Waals surface area contributed by atoms with E-state index < -0.39 is 47.6 Å². The number of halogens is 1. The van der Waals surface area contributed by atoms with E-state index in [1.807, 2.05) is 22.6 Å². The molecule has 1 atom stereocenters. The lowest BCUT2D eigenvalue weighted by molar-refractivity contribution is -0.143. The summed E-state index contributed by atoms with van der Waals surface area (Å²) in [6.07, 6.45) is -0.273. The fourth-order valence-electron chi connectivity index (χ4n) is 1.63. The van der Waals surface area contributed by atoms with Gasteiger partial charge in [0, 0.05) is 13.1 Å². The van der Waals surface area contributed by atoms with Crippen LogP contribution in [0.5, 0.6) is 0 Å². The van der Waals surface area contributed by atoms with Gasteiger partial charge in [-0.15, -0.1) is 0 Å². The minimum atomic E-state index is -1.21. The molecule has 0 rings (SSSR count). The maximum Gasteiger partial charge on any atom is 0.317 e. The first-order chi connectivity index (χ1) is 10.1. The average Bonchev–Trinajstić information content (AvgIpc) is 2.31. The molecule has 11 heteroatoms. The average molecular weight is 432 g/mol. The van der Waals surface area contributed by atoms with Gasteiger partial charge in [0.25, 0.3) is 0 Å². The van der Waals surface area contributed by atoms with Gasteiger partial charge in [-0.2, -0.15) is 0 Å². The number of rotatable bonds is 12. The predicted molar refractivity (Wildman–Crippen MR) is 81.0 cm³/mol. The number of hydrogen-bond donors (Lipinski definition) is 4. The minimum absolute atomic E-state index is 0.0218. The molecule has 0 amide bonds. The summed E-state index contributed by atoms with van der Waals surface area (Å²) < 4.78 is -0.549. The molecule has 0 spiro atoms. The lowest BCUT2D eigenvalue weighted by Gasteiger charge is -2.29. The quantitative estimate of drug-likeness (QED) is 0.173. The standard InChI is InChI=1S/C11H17IN2O8/c12-7(3-13(4-9(17)18)5-10(19)20)14(6-11(21)22)2-1-8(15)16/h7H,1-6H2,(H,15,16)(H,17,18)(H,19,20)(H,21,22). The number of carbonyl (C=O) groups is 4. The van der Waals surface area contributed by atoms with Crippen LogP contribution in [0.3, 0.4) is 0 Å². The summed E-state index contributed by atoms with van der Waals surface area (Å²) in [4.78, 5) is 45.3. The fraction of sp³-hybridized carbons (Fsp3) is 0.636. The third-order valence-corrected chi connectivity index (χ3v) is 3.66. The molecule has 126 valence electrons. The molecule has 22 heavy (non-hydrogen) atoms. The van der Waals surface area contributed by atoms with Gasteiger partial charge in [-0.25, -0.2) is 0 Å². The van der Waals surface area contributed by atoms with Gasteiger partial charge < -0.3 is 20.4 Å². The van der Waals surface area contributed by atoms with E-state index in [0.29, 0.717) is 0 Å². The summed E-state index contributed by atoms with van der Waals surface area (Å²) >= 11 is 1.83. The van der Waals surface area contributed by atoms with Gasteiger partial charge in [0.1, 0.15) is 0 Å². The molecule has 1 unspecified atom stereocenters. The molecule has 0 aliphatic carbocycles. The lowest BCUT2D eigenvalue weighted by atomic mass is 10.3. The summed E-state index contributed by atoms with van der Waals surface area (Å²) in [6.45, 7) is -1.50. The summed E-state index contributed by atoms with van der Waals surface area (Å²) in [5.74, 6) is -4.66. The van der Waals surface area contributed by atoms with E-state index in [1.54, 1.807) is 0 Å². The van der Waals surface area contributed by atoms with Crippen LogP contribution in [-0.4, -0.2) is 90.9 Å². The van der Waals surface area contributed by atoms with Crippen LogP contribution in [0.4, 0.5) is 0 Å². The highest BCUT2D eigenvalue weighted by Gasteiger charge is 2.23. The largest absolute Gasteiger partial charge is 0.481 e. The first-order valence-corrected chi connectivity index (χ1v) is 7.34. The van der Waals surface area contributed by atoms with Crippen molar-refractivity contribution in [2.45, 2.75) is 10.5 Å². The summed E-state index contributed by atoms with van der Waals surface area (Å²) in [5.41, 5.74) is 0. The van der Waals surface area contributed by atoms with Crippen molar-refractivity contribution < 1.29 is 39.6 Å². The second-order valence-corrected chi connectivity index (χ2v) is 5.84. The summed E-state index contributed by atoms with van der Waals surface area (Å²) in [7, 11) is 0. The van der Waals surface area contributed by atoms with Crippen molar-refractivity contribution in [1.82, 2.24) is 9.80 Å². The van der Waals surface area contributed by atoms with Gasteiger partial charge in [-0.3, -0.25) is 29.0 Å². The Morgan fingerprint density at radius 2 is 1.27 bits per heavy atom. The van der Waals surface area contributed by atoms with Crippen LogP contribution in [0, 0.1) is 0 Å². The molecular formula is C11H17IN2O8. The minimum Gasteiger partial charge on any atom is -0.481 e. The molecular weight excluding hydrogens is 415 g/mol. The Bertz CT molecular complexity index is 414. The number of alkyl halides is 1. The molecule has 0 aromatic carbocycles. The highest BCUT2D eigenvalue weighted by Crippen LogP contribution is 2.11. The maximum absolute atomic E-state index is 10.8. The van der Waals surface area contributed by atoms with Gasteiger partial charge in [0.05, 0.1) is 30.1 Å². The zero-order chi connectivity index (χ0) is 17.3. The molecule has 0 saturated heterocycles. The SMILES string of the molecule is O=C(O)CCN(CC(=O)O)C(I)CN(CC(=O)O)CC(=O)O. The Morgan fingerprint density at radius 1 is 0.818 bits per heavy atom. The number of hydrogen-bond acceptors (Lipinski definition) is 6. The van der Waals surface area contributed by atoms with E-state index in [1.165, 1.54) is 4.90 Å². The van der Waals surface area contributed by atoms with Gasteiger partial charge in [-0.1, -0.05) is 22.6 Å². The van der Waals surface area contributed by atoms with Crippen molar-refractivity contribution in [2.24, 2.45) is 0 Å². The summed E-state index contributed by atoms with van der Waals surface area (Å²) in [5, 5.41) is 35.0. The third-order valence-electron chi connectivity index (χ3n) is 2.47. The summed E-state index contributed by atoms with van der Waals surface area (Å²) in [6, 6.07) is 0. The monoisotopic (exact) mass is 432 g/mol. The maximum atomic E-state index is 10.8. The van der Waals surface area contributed by atoms with E-state index >= 15 is 0 Å². The molecule has 0 aromatic heterocycles. The molecule has 0 aliphatic rings. The van der Waals surface area contributed by atoms with Gasteiger partial charge in [-0.05, 0) is 0 Å². The Morgan fingerprint density at radius 3 is 1.64 bits per heavy atom. The zero-order valence-electron chi connectivity index (χ0n) is 11.5. The van der Waals surface area contributed by atoms with E-state index in [0.717, 1.165) is 4.90 Å². The Labute approximate surface area is 139 Å². The van der Waals surface area contributed by atoms with Crippen LogP contribution in [0.25, 0.3) is 0 Å². The van der Waals surface area contributed by atoms with Gasteiger partial charge in [0.15, 0.2) is 0 Å². The predicted octanol–water partition coefficient (Wildman–Crippen LogP) is -0.920. The van der Waals surface area contributed by atoms with Crippen LogP contribution in [0.2, 0.25) is 0 Å². The van der Waals surface area contributed by atoms with Crippen LogP contribution in [0.1, 0.15) is 6.42 Å². The van der Waals surface area contributed by atoms with Crippen molar-refractivity contribution in [3.8, 4) is 0 Å². The van der Waals surface area contributed by atoms with Crippen molar-refractivity contribution >= 4 is 46.5 Å². The molecule has 0 saturated carbocycles. The van der Waals surface area contributed by atoms with E-state index in [-0.39, 0.29) is 19.5 Å². The van der Waals surface area contributed by atoms with E-state index in [4.69, 9.17) is 20.4 Å². The zero-order valence-corrected chi connectivity index (χ0v) is 13.7. The van der Waals surface area contributed by atoms with E-state index in [9.17, 15) is 19.2 Å². The topological polar surface area (TPSA) is 156 Å². The van der Waals surface area contributed by atoms with Gasteiger partial charge in [0.2, 0.25) is 0 Å². The van der Waals surface area contributed by atoms with Crippen molar-refractivity contribution in [1.29, 1.82) is 0 Å². The van der Waals surface area contributed by atoms with Crippen LogP contribution in [0.15, 0.2) is 0 Å². The second-order valence-electron chi connectivity index (χ2n) is 4.40. The first-order valence-electron chi connectivity index (χ1n) is 6.09. The lowest BCUT2D eigenvalue weighted by Crippen LogP contribution is -2.46. The molecule has 10 nitrogen and oxygen atoms in total. The van der Waals surface area contributed by atoms with Gasteiger partial charge >= 0.3 is 23.9 Å². The Hall–Kier alpha value is -1.47.